The second kappa shape index (κ2) is 5.79. The third-order valence-electron chi connectivity index (χ3n) is 3.64. The molecule has 0 aromatic heterocycles. The number of fused-ring (bicyclic) bond motifs is 2. The highest BCUT2D eigenvalue weighted by atomic mass is 16.1. The van der Waals surface area contributed by atoms with E-state index in [2.05, 4.69) is 15.5 Å². The molecule has 5 heteroatoms. The molecule has 1 aromatic carbocycles. The van der Waals surface area contributed by atoms with Gasteiger partial charge in [0, 0.05) is 5.56 Å². The van der Waals surface area contributed by atoms with Gasteiger partial charge in [0.25, 0.3) is 0 Å². The first kappa shape index (κ1) is 14.1. The van der Waals surface area contributed by atoms with E-state index in [9.17, 15) is 4.79 Å². The van der Waals surface area contributed by atoms with Crippen molar-refractivity contribution in [1.29, 1.82) is 0 Å². The maximum Gasteiger partial charge on any atom is 0.217 e. The number of rotatable bonds is 3. The fourth-order valence-electron chi connectivity index (χ4n) is 2.81. The van der Waals surface area contributed by atoms with Gasteiger partial charge in [0.05, 0.1) is 13.3 Å². The first-order valence-electron chi connectivity index (χ1n) is 6.35. The Bertz CT molecular complexity index is 424. The van der Waals surface area contributed by atoms with Gasteiger partial charge in [-0.1, -0.05) is 37.8 Å². The normalized spacial score (nSPS) is 29.4. The Labute approximate surface area is 114 Å². The number of carbonyl (C=O) groups excluding carboxylic acids is 1. The van der Waals surface area contributed by atoms with Crippen molar-refractivity contribution in [1.82, 2.24) is 15.5 Å². The molecule has 3 rings (SSSR count). The van der Waals surface area contributed by atoms with Crippen molar-refractivity contribution in [2.24, 2.45) is 0 Å². The molecule has 2 bridgehead atoms. The number of nitrogens with one attached hydrogen (secondary N) is 2. The van der Waals surface area contributed by atoms with E-state index in [4.69, 9.17) is 0 Å². The summed E-state index contributed by atoms with van der Waals surface area (Å²) in [6.45, 7) is 5.06. The molecule has 2 heterocycles. The van der Waals surface area contributed by atoms with Crippen LogP contribution in [0.2, 0.25) is 0 Å². The Morgan fingerprint density at radius 3 is 2.42 bits per heavy atom. The van der Waals surface area contributed by atoms with Crippen LogP contribution in [0.25, 0.3) is 0 Å². The third-order valence-corrected chi connectivity index (χ3v) is 3.64. The molecule has 2 fully saturated rings. The quantitative estimate of drug-likeness (QED) is 0.620. The molecule has 104 valence electrons. The summed E-state index contributed by atoms with van der Waals surface area (Å²) in [6, 6.07) is 9.57. The number of quaternary nitrogens is 1. The highest BCUT2D eigenvalue weighted by Gasteiger charge is 2.38. The molecule has 0 radical (unpaired) electrons. The van der Waals surface area contributed by atoms with Crippen LogP contribution in [0.4, 0.5) is 0 Å². The lowest BCUT2D eigenvalue weighted by Crippen LogP contribution is -2.73. The number of ketones is 1. The molecule has 2 aliphatic rings. The highest BCUT2D eigenvalue weighted by Crippen LogP contribution is 2.15. The maximum atomic E-state index is 12.3. The lowest BCUT2D eigenvalue weighted by Gasteiger charge is -2.49. The Hall–Kier alpha value is -1.27. The zero-order chi connectivity index (χ0) is 12.4. The summed E-state index contributed by atoms with van der Waals surface area (Å²) in [5.41, 5.74) is 0.813. The van der Waals surface area contributed by atoms with Crippen molar-refractivity contribution in [3.05, 3.63) is 35.9 Å². The Kier molecular flexibility index (Phi) is 4.31. The molecular formula is C14H23N4O+. The van der Waals surface area contributed by atoms with Gasteiger partial charge in [-0.25, -0.2) is 4.90 Å². The first-order valence-corrected chi connectivity index (χ1v) is 6.35. The Morgan fingerprint density at radius 2 is 1.79 bits per heavy atom. The molecule has 5 nitrogen and oxygen atoms in total. The van der Waals surface area contributed by atoms with E-state index in [1.165, 1.54) is 0 Å². The van der Waals surface area contributed by atoms with Crippen LogP contribution in [-0.2, 0) is 0 Å². The zero-order valence-electron chi connectivity index (χ0n) is 10.4. The average Bonchev–Trinajstić information content (AvgIpc) is 2.39. The molecule has 0 spiro atoms. The van der Waals surface area contributed by atoms with Crippen LogP contribution in [0, 0.1) is 0 Å². The van der Waals surface area contributed by atoms with Gasteiger partial charge in [-0.2, -0.15) is 0 Å². The van der Waals surface area contributed by atoms with Crippen LogP contribution in [0.15, 0.2) is 30.3 Å². The van der Waals surface area contributed by atoms with Crippen LogP contribution < -0.4 is 10.6 Å². The number of carbonyl (C=O) groups is 1. The molecule has 2 saturated heterocycles. The minimum Gasteiger partial charge on any atom is -0.288 e. The van der Waals surface area contributed by atoms with Crippen molar-refractivity contribution < 1.29 is 9.28 Å². The van der Waals surface area contributed by atoms with Crippen LogP contribution in [0.5, 0.6) is 0 Å². The molecule has 0 amide bonds. The smallest absolute Gasteiger partial charge is 0.217 e. The molecule has 0 atom stereocenters. The number of hydrogen-bond donors (Lipinski definition) is 2. The van der Waals surface area contributed by atoms with Crippen LogP contribution >= 0.6 is 0 Å². The highest BCUT2D eigenvalue weighted by molar-refractivity contribution is 5.96. The van der Waals surface area contributed by atoms with E-state index in [0.717, 1.165) is 43.4 Å². The minimum absolute atomic E-state index is 0. The summed E-state index contributed by atoms with van der Waals surface area (Å²) in [5.74, 6) is 0.225. The predicted molar refractivity (Wildman–Crippen MR) is 75.1 cm³/mol. The monoisotopic (exact) mass is 263 g/mol. The first-order chi connectivity index (χ1) is 8.77. The Morgan fingerprint density at radius 1 is 1.16 bits per heavy atom. The molecular weight excluding hydrogens is 240 g/mol. The van der Waals surface area contributed by atoms with Crippen molar-refractivity contribution >= 4 is 5.78 Å². The molecule has 0 unspecified atom stereocenters. The van der Waals surface area contributed by atoms with Gasteiger partial charge in [-0.05, 0) is 0 Å². The number of benzene rings is 1. The largest absolute Gasteiger partial charge is 0.288 e. The van der Waals surface area contributed by atoms with Crippen molar-refractivity contribution in [2.75, 3.05) is 39.9 Å². The van der Waals surface area contributed by atoms with Gasteiger partial charge < -0.3 is 0 Å². The van der Waals surface area contributed by atoms with E-state index in [1.807, 2.05) is 30.3 Å². The summed E-state index contributed by atoms with van der Waals surface area (Å²) < 4.78 is 0.772. The van der Waals surface area contributed by atoms with Gasteiger partial charge in [-0.3, -0.25) is 19.9 Å². The molecule has 2 N–H and O–H groups in total. The third kappa shape index (κ3) is 3.01. The van der Waals surface area contributed by atoms with Gasteiger partial charge in [0.1, 0.15) is 26.6 Å². The minimum atomic E-state index is 0. The molecule has 19 heavy (non-hydrogen) atoms. The summed E-state index contributed by atoms with van der Waals surface area (Å²) in [7, 11) is 0. The molecule has 0 aliphatic carbocycles. The molecule has 0 saturated carbocycles. The van der Waals surface area contributed by atoms with Crippen LogP contribution in [0.1, 0.15) is 17.8 Å². The SMILES string of the molecule is C.O=C(C[N+]12CNCN(CNC1)C2)c1ccccc1. The zero-order valence-corrected chi connectivity index (χ0v) is 10.4. The predicted octanol–water partition coefficient (Wildman–Crippen LogP) is 0.618. The van der Waals surface area contributed by atoms with Crippen molar-refractivity contribution in [2.45, 2.75) is 7.43 Å². The van der Waals surface area contributed by atoms with Gasteiger partial charge in [0.15, 0.2) is 0 Å². The van der Waals surface area contributed by atoms with Crippen LogP contribution in [0.3, 0.4) is 0 Å². The summed E-state index contributed by atoms with van der Waals surface area (Å²) in [5, 5.41) is 6.78. The lowest BCUT2D eigenvalue weighted by atomic mass is 10.1. The Balaban J connectivity index is 0.00000133. The van der Waals surface area contributed by atoms with Gasteiger partial charge in [-0.15, -0.1) is 0 Å². The number of hydrogen-bond acceptors (Lipinski definition) is 4. The summed E-state index contributed by atoms with van der Waals surface area (Å²) in [4.78, 5) is 14.6. The van der Waals surface area contributed by atoms with Gasteiger partial charge >= 0.3 is 0 Å². The number of Topliss-reactive ketones (excluding diaryl/α,β-unsaturated/α-hetero) is 1. The standard InChI is InChI=1S/C13H19N4O.CH4/c18-13(12-4-2-1-3-5-12)6-17-9-14-7-16(11-17)8-15-10-17;/h1-5,14-15H,6-11H2;1H4/q+1;. The van der Waals surface area contributed by atoms with Gasteiger partial charge in [0.2, 0.25) is 5.78 Å². The average molecular weight is 263 g/mol. The van der Waals surface area contributed by atoms with E-state index in [-0.39, 0.29) is 13.2 Å². The molecule has 2 aliphatic heterocycles. The summed E-state index contributed by atoms with van der Waals surface area (Å²) >= 11 is 0. The van der Waals surface area contributed by atoms with E-state index < -0.39 is 0 Å². The second-order valence-electron chi connectivity index (χ2n) is 5.23. The van der Waals surface area contributed by atoms with E-state index >= 15 is 0 Å². The second-order valence-corrected chi connectivity index (χ2v) is 5.23. The van der Waals surface area contributed by atoms with Crippen molar-refractivity contribution in [3.63, 3.8) is 0 Å². The van der Waals surface area contributed by atoms with E-state index in [0.29, 0.717) is 6.54 Å². The number of nitrogens with zero attached hydrogens (tertiary/aromatic N) is 2. The molecule has 1 aromatic rings. The fraction of sp³-hybridized carbons (Fsp3) is 0.500. The van der Waals surface area contributed by atoms with E-state index in [1.54, 1.807) is 0 Å². The fourth-order valence-corrected chi connectivity index (χ4v) is 2.81. The maximum absolute atomic E-state index is 12.3. The topological polar surface area (TPSA) is 44.4 Å². The lowest BCUT2D eigenvalue weighted by molar-refractivity contribution is -0.946. The summed E-state index contributed by atoms with van der Waals surface area (Å²) in [6.07, 6.45) is 0. The van der Waals surface area contributed by atoms with Crippen molar-refractivity contribution in [3.8, 4) is 0 Å². The van der Waals surface area contributed by atoms with Crippen LogP contribution in [-0.4, -0.2) is 55.1 Å².